The number of Topliss-reactive ketones (excluding diaryl/α,β-unsaturated/α-hetero) is 1. The second-order valence-corrected chi connectivity index (χ2v) is 5.92. The smallest absolute Gasteiger partial charge is 0.318 e. The number of hydrogen-bond acceptors (Lipinski definition) is 3. The van der Waals surface area contributed by atoms with E-state index in [9.17, 15) is 14.7 Å². The molecular formula is C14H16BrNO3. The summed E-state index contributed by atoms with van der Waals surface area (Å²) in [6.45, 7) is 0.895. The molecule has 1 fully saturated rings. The Morgan fingerprint density at radius 2 is 2.16 bits per heavy atom. The predicted octanol–water partition coefficient (Wildman–Crippen LogP) is 1.97. The van der Waals surface area contributed by atoms with Crippen LogP contribution < -0.4 is 0 Å². The summed E-state index contributed by atoms with van der Waals surface area (Å²) >= 11 is 3.41. The van der Waals surface area contributed by atoms with Crippen molar-refractivity contribution in [2.24, 2.45) is 5.41 Å². The van der Waals surface area contributed by atoms with E-state index < -0.39 is 11.4 Å². The monoisotopic (exact) mass is 325 g/mol. The Kier molecular flexibility index (Phi) is 4.06. The number of benzene rings is 1. The van der Waals surface area contributed by atoms with Gasteiger partial charge in [0, 0.05) is 24.0 Å². The van der Waals surface area contributed by atoms with Crippen molar-refractivity contribution in [1.82, 2.24) is 4.90 Å². The van der Waals surface area contributed by atoms with Gasteiger partial charge in [-0.05, 0) is 25.1 Å². The molecule has 1 N–H and O–H groups in total. The fourth-order valence-corrected chi connectivity index (χ4v) is 2.97. The highest BCUT2D eigenvalue weighted by Gasteiger charge is 2.48. The van der Waals surface area contributed by atoms with Crippen LogP contribution in [0, 0.1) is 5.41 Å². The van der Waals surface area contributed by atoms with E-state index in [-0.39, 0.29) is 18.7 Å². The summed E-state index contributed by atoms with van der Waals surface area (Å²) in [6.07, 6.45) is 0.528. The molecule has 19 heavy (non-hydrogen) atoms. The zero-order chi connectivity index (χ0) is 14.0. The normalized spacial score (nSPS) is 24.4. The number of carboxylic acid groups (broad SMARTS) is 1. The molecule has 0 amide bonds. The molecule has 1 atom stereocenters. The number of carbonyl (C=O) groups excluding carboxylic acids is 1. The highest BCUT2D eigenvalue weighted by Crippen LogP contribution is 2.33. The maximum atomic E-state index is 12.2. The van der Waals surface area contributed by atoms with Crippen LogP contribution in [-0.4, -0.2) is 41.9 Å². The average Bonchev–Trinajstić information content (AvgIpc) is 2.36. The third kappa shape index (κ3) is 2.72. The highest BCUT2D eigenvalue weighted by molar-refractivity contribution is 9.10. The molecule has 1 unspecified atom stereocenters. The zero-order valence-corrected chi connectivity index (χ0v) is 12.3. The predicted molar refractivity (Wildman–Crippen MR) is 75.0 cm³/mol. The van der Waals surface area contributed by atoms with Crippen molar-refractivity contribution in [3.8, 4) is 0 Å². The van der Waals surface area contributed by atoms with E-state index in [0.29, 0.717) is 13.0 Å². The lowest BCUT2D eigenvalue weighted by molar-refractivity contribution is -0.158. The standard InChI is InChI=1S/C14H16BrNO3/c1-16-7-6-12(17)14(9-16,13(18)19)8-10-4-2-3-5-11(10)15/h2-5H,6-9H2,1H3,(H,18,19). The Labute approximate surface area is 120 Å². The Balaban J connectivity index is 2.37. The van der Waals surface area contributed by atoms with E-state index >= 15 is 0 Å². The minimum atomic E-state index is -1.32. The quantitative estimate of drug-likeness (QED) is 0.863. The van der Waals surface area contributed by atoms with E-state index in [1.165, 1.54) is 0 Å². The number of nitrogens with zero attached hydrogens (tertiary/aromatic N) is 1. The number of halogens is 1. The first kappa shape index (κ1) is 14.2. The summed E-state index contributed by atoms with van der Waals surface area (Å²) < 4.78 is 0.844. The summed E-state index contributed by atoms with van der Waals surface area (Å²) in [5.74, 6) is -1.20. The Morgan fingerprint density at radius 3 is 2.79 bits per heavy atom. The number of rotatable bonds is 3. The van der Waals surface area contributed by atoms with Crippen LogP contribution in [0.4, 0.5) is 0 Å². The summed E-state index contributed by atoms with van der Waals surface area (Å²) in [5, 5.41) is 9.57. The molecule has 1 aliphatic rings. The molecule has 4 nitrogen and oxygen atoms in total. The number of carbonyl (C=O) groups is 2. The van der Waals surface area contributed by atoms with Crippen LogP contribution in [0.3, 0.4) is 0 Å². The van der Waals surface area contributed by atoms with Gasteiger partial charge in [0.05, 0.1) is 0 Å². The van der Waals surface area contributed by atoms with Gasteiger partial charge >= 0.3 is 5.97 Å². The third-order valence-corrected chi connectivity index (χ3v) is 4.43. The van der Waals surface area contributed by atoms with Crippen LogP contribution in [0.2, 0.25) is 0 Å². The Bertz CT molecular complexity index is 517. The van der Waals surface area contributed by atoms with Crippen molar-refractivity contribution in [3.63, 3.8) is 0 Å². The van der Waals surface area contributed by atoms with Gasteiger partial charge in [-0.25, -0.2) is 0 Å². The van der Waals surface area contributed by atoms with Gasteiger partial charge in [0.1, 0.15) is 5.41 Å². The fraction of sp³-hybridized carbons (Fsp3) is 0.429. The van der Waals surface area contributed by atoms with Gasteiger partial charge in [0.25, 0.3) is 0 Å². The van der Waals surface area contributed by atoms with E-state index in [4.69, 9.17) is 0 Å². The molecule has 5 heteroatoms. The molecule has 1 saturated heterocycles. The molecule has 1 aliphatic heterocycles. The fourth-order valence-electron chi connectivity index (χ4n) is 2.54. The summed E-state index contributed by atoms with van der Waals surface area (Å²) in [4.78, 5) is 25.8. The van der Waals surface area contributed by atoms with Crippen molar-refractivity contribution in [3.05, 3.63) is 34.3 Å². The summed E-state index contributed by atoms with van der Waals surface area (Å²) in [6, 6.07) is 7.45. The summed E-state index contributed by atoms with van der Waals surface area (Å²) in [5.41, 5.74) is -0.467. The topological polar surface area (TPSA) is 57.6 Å². The van der Waals surface area contributed by atoms with Gasteiger partial charge in [0.15, 0.2) is 5.78 Å². The molecule has 2 rings (SSSR count). The molecule has 1 aromatic rings. The first-order valence-electron chi connectivity index (χ1n) is 6.14. The van der Waals surface area contributed by atoms with Gasteiger partial charge < -0.3 is 10.0 Å². The molecule has 0 bridgehead atoms. The van der Waals surface area contributed by atoms with Crippen LogP contribution >= 0.6 is 15.9 Å². The number of piperidine rings is 1. The lowest BCUT2D eigenvalue weighted by Gasteiger charge is -2.37. The maximum Gasteiger partial charge on any atom is 0.318 e. The van der Waals surface area contributed by atoms with Crippen molar-refractivity contribution in [2.45, 2.75) is 12.8 Å². The van der Waals surface area contributed by atoms with Crippen LogP contribution in [0.25, 0.3) is 0 Å². The molecule has 102 valence electrons. The van der Waals surface area contributed by atoms with Gasteiger partial charge in [-0.1, -0.05) is 34.1 Å². The van der Waals surface area contributed by atoms with Crippen LogP contribution in [-0.2, 0) is 16.0 Å². The highest BCUT2D eigenvalue weighted by atomic mass is 79.9. The van der Waals surface area contributed by atoms with E-state index in [1.54, 1.807) is 0 Å². The van der Waals surface area contributed by atoms with Crippen LogP contribution in [0.5, 0.6) is 0 Å². The van der Waals surface area contributed by atoms with E-state index in [2.05, 4.69) is 15.9 Å². The van der Waals surface area contributed by atoms with Gasteiger partial charge in [-0.15, -0.1) is 0 Å². The van der Waals surface area contributed by atoms with Gasteiger partial charge in [0.2, 0.25) is 0 Å². The Morgan fingerprint density at radius 1 is 1.47 bits per heavy atom. The zero-order valence-electron chi connectivity index (χ0n) is 10.7. The largest absolute Gasteiger partial charge is 0.480 e. The first-order chi connectivity index (χ1) is 8.95. The van der Waals surface area contributed by atoms with Crippen molar-refractivity contribution in [1.29, 1.82) is 0 Å². The van der Waals surface area contributed by atoms with Crippen molar-refractivity contribution >= 4 is 27.7 Å². The second-order valence-electron chi connectivity index (χ2n) is 5.07. The molecule has 1 heterocycles. The van der Waals surface area contributed by atoms with E-state index in [0.717, 1.165) is 10.0 Å². The number of ketones is 1. The maximum absolute atomic E-state index is 12.2. The molecule has 0 radical (unpaired) electrons. The first-order valence-corrected chi connectivity index (χ1v) is 6.94. The molecule has 0 spiro atoms. The van der Waals surface area contributed by atoms with Gasteiger partial charge in [-0.2, -0.15) is 0 Å². The summed E-state index contributed by atoms with van der Waals surface area (Å²) in [7, 11) is 1.85. The van der Waals surface area contributed by atoms with Crippen molar-refractivity contribution < 1.29 is 14.7 Å². The molecule has 0 aliphatic carbocycles. The molecular weight excluding hydrogens is 310 g/mol. The second kappa shape index (κ2) is 5.43. The number of aliphatic carboxylic acids is 1. The van der Waals surface area contributed by atoms with E-state index in [1.807, 2.05) is 36.2 Å². The Hall–Kier alpha value is -1.20. The SMILES string of the molecule is CN1CCC(=O)C(Cc2ccccc2Br)(C(=O)O)C1. The third-order valence-electron chi connectivity index (χ3n) is 3.65. The number of carboxylic acids is 1. The average molecular weight is 326 g/mol. The number of likely N-dealkylation sites (tertiary alicyclic amines) is 1. The minimum Gasteiger partial charge on any atom is -0.480 e. The lowest BCUT2D eigenvalue weighted by Crippen LogP contribution is -2.53. The minimum absolute atomic E-state index is 0.172. The molecule has 0 saturated carbocycles. The van der Waals surface area contributed by atoms with Crippen molar-refractivity contribution in [2.75, 3.05) is 20.1 Å². The lowest BCUT2D eigenvalue weighted by atomic mass is 9.74. The van der Waals surface area contributed by atoms with Gasteiger partial charge in [-0.3, -0.25) is 9.59 Å². The number of hydrogen-bond donors (Lipinski definition) is 1. The van der Waals surface area contributed by atoms with Crippen LogP contribution in [0.1, 0.15) is 12.0 Å². The molecule has 1 aromatic carbocycles. The molecule has 0 aromatic heterocycles. The van der Waals surface area contributed by atoms with Crippen LogP contribution in [0.15, 0.2) is 28.7 Å².